The van der Waals surface area contributed by atoms with E-state index in [2.05, 4.69) is 16.0 Å². The highest BCUT2D eigenvalue weighted by Gasteiger charge is 2.42. The van der Waals surface area contributed by atoms with Gasteiger partial charge in [-0.1, -0.05) is 83.5 Å². The van der Waals surface area contributed by atoms with Crippen molar-refractivity contribution < 1.29 is 48.1 Å². The second kappa shape index (κ2) is 24.5. The van der Waals surface area contributed by atoms with Crippen LogP contribution in [0.3, 0.4) is 0 Å². The van der Waals surface area contributed by atoms with E-state index in [1.54, 1.807) is 76.0 Å². The highest BCUT2D eigenvalue weighted by atomic mass is 16.6. The summed E-state index contributed by atoms with van der Waals surface area (Å²) in [5.74, 6) is -2.69. The molecular formula is C46H70N6O10. The largest absolute Gasteiger partial charge is 0.445 e. The van der Waals surface area contributed by atoms with Crippen LogP contribution in [-0.2, 0) is 44.8 Å². The zero-order valence-corrected chi connectivity index (χ0v) is 38.4. The predicted molar refractivity (Wildman–Crippen MR) is 235 cm³/mol. The fourth-order valence-corrected chi connectivity index (χ4v) is 8.27. The molecule has 4 N–H and O–H groups in total. The number of nitrogens with one attached hydrogen (secondary N) is 3. The summed E-state index contributed by atoms with van der Waals surface area (Å²) < 4.78 is 17.3. The monoisotopic (exact) mass is 867 g/mol. The molecule has 1 unspecified atom stereocenters. The van der Waals surface area contributed by atoms with Gasteiger partial charge in [-0.05, 0) is 54.9 Å². The SMILES string of the molecule is CC[C@H](C)[C@@H]([C@@H](CC(=O)N1CCC[C@H]1[C@H](OC)[C@@H](C)C(=O)N[C@H](C)[C@@H](O)c1ccccc1)OC)N(C)C(=O)CNC(=O)C(C(C)C)N(C)C(=O)OCc1ccc(NC(C)=O)cc1. The first-order chi connectivity index (χ1) is 29.4. The van der Waals surface area contributed by atoms with Gasteiger partial charge < -0.3 is 45.1 Å². The van der Waals surface area contributed by atoms with Crippen molar-refractivity contribution >= 4 is 41.3 Å². The van der Waals surface area contributed by atoms with Crippen LogP contribution in [0, 0.1) is 17.8 Å². The van der Waals surface area contributed by atoms with Crippen molar-refractivity contribution in [1.82, 2.24) is 25.3 Å². The van der Waals surface area contributed by atoms with Gasteiger partial charge in [0.25, 0.3) is 0 Å². The van der Waals surface area contributed by atoms with E-state index < -0.39 is 60.3 Å². The molecule has 0 aliphatic carbocycles. The standard InChI is InChI=1S/C46H70N6O10/c1-12-29(4)41(50(8)39(55)26-47-45(58)40(28(2)3)51(9)46(59)62-27-33-20-22-35(23-21-33)49-32(7)53)37(60-10)25-38(54)52-24-16-19-36(52)43(61-11)30(5)44(57)48-31(6)42(56)34-17-14-13-15-18-34/h13-15,17-18,20-23,28-31,36-37,40-43,56H,12,16,19,24-27H2,1-11H3,(H,47,58)(H,48,57)(H,49,53)/t29-,30+,31+,36-,37+,40?,41-,42+,43+/m0/s1. The molecule has 0 saturated carbocycles. The van der Waals surface area contributed by atoms with Gasteiger partial charge in [0, 0.05) is 47.5 Å². The van der Waals surface area contributed by atoms with Crippen LogP contribution in [0.1, 0.15) is 91.4 Å². The number of carbonyl (C=O) groups is 6. The molecule has 1 fully saturated rings. The third-order valence-corrected chi connectivity index (χ3v) is 11.9. The lowest BCUT2D eigenvalue weighted by Gasteiger charge is -2.39. The average molecular weight is 867 g/mol. The molecule has 9 atom stereocenters. The minimum atomic E-state index is -0.945. The van der Waals surface area contributed by atoms with Crippen LogP contribution in [0.2, 0.25) is 0 Å². The first-order valence-electron chi connectivity index (χ1n) is 21.5. The van der Waals surface area contributed by atoms with E-state index in [1.165, 1.54) is 38.0 Å². The second-order valence-corrected chi connectivity index (χ2v) is 16.7. The minimum Gasteiger partial charge on any atom is -0.445 e. The topological polar surface area (TPSA) is 196 Å². The fourth-order valence-electron chi connectivity index (χ4n) is 8.27. The van der Waals surface area contributed by atoms with Crippen molar-refractivity contribution in [3.8, 4) is 0 Å². The Balaban J connectivity index is 1.64. The maximum atomic E-state index is 14.2. The molecule has 1 aliphatic heterocycles. The van der Waals surface area contributed by atoms with E-state index in [-0.39, 0.29) is 55.2 Å². The van der Waals surface area contributed by atoms with Gasteiger partial charge in [-0.15, -0.1) is 0 Å². The average Bonchev–Trinajstić information content (AvgIpc) is 3.74. The summed E-state index contributed by atoms with van der Waals surface area (Å²) in [4.78, 5) is 83.9. The van der Waals surface area contributed by atoms with Gasteiger partial charge in [-0.25, -0.2) is 4.79 Å². The number of anilines is 1. The summed E-state index contributed by atoms with van der Waals surface area (Å²) >= 11 is 0. The quantitative estimate of drug-likeness (QED) is 0.131. The minimum absolute atomic E-state index is 0.0366. The second-order valence-electron chi connectivity index (χ2n) is 16.7. The third-order valence-electron chi connectivity index (χ3n) is 11.9. The van der Waals surface area contributed by atoms with Gasteiger partial charge in [-0.2, -0.15) is 0 Å². The normalized spacial score (nSPS) is 17.7. The molecule has 16 heteroatoms. The van der Waals surface area contributed by atoms with E-state index in [1.807, 2.05) is 32.0 Å². The Hall–Kier alpha value is -5.06. The van der Waals surface area contributed by atoms with Crippen LogP contribution in [0.15, 0.2) is 54.6 Å². The Morgan fingerprint density at radius 1 is 0.887 bits per heavy atom. The van der Waals surface area contributed by atoms with Crippen molar-refractivity contribution in [1.29, 1.82) is 0 Å². The van der Waals surface area contributed by atoms with E-state index in [9.17, 15) is 33.9 Å². The molecule has 0 radical (unpaired) electrons. The van der Waals surface area contributed by atoms with Crippen LogP contribution in [-0.4, -0.2) is 133 Å². The summed E-state index contributed by atoms with van der Waals surface area (Å²) in [6, 6.07) is 13.5. The van der Waals surface area contributed by atoms with Gasteiger partial charge in [0.05, 0.1) is 55.3 Å². The van der Waals surface area contributed by atoms with Crippen molar-refractivity contribution in [3.05, 3.63) is 65.7 Å². The van der Waals surface area contributed by atoms with E-state index in [0.29, 0.717) is 36.2 Å². The number of methoxy groups -OCH3 is 2. The maximum Gasteiger partial charge on any atom is 0.410 e. The van der Waals surface area contributed by atoms with Crippen LogP contribution < -0.4 is 16.0 Å². The highest BCUT2D eigenvalue weighted by Crippen LogP contribution is 2.30. The van der Waals surface area contributed by atoms with Crippen LogP contribution in [0.4, 0.5) is 10.5 Å². The lowest BCUT2D eigenvalue weighted by atomic mass is 9.90. The number of aliphatic hydroxyl groups is 1. The summed E-state index contributed by atoms with van der Waals surface area (Å²) in [5.41, 5.74) is 1.98. The van der Waals surface area contributed by atoms with Gasteiger partial charge in [0.2, 0.25) is 29.5 Å². The number of likely N-dealkylation sites (N-methyl/N-ethyl adjacent to an activating group) is 2. The summed E-state index contributed by atoms with van der Waals surface area (Å²) in [6.45, 7) is 12.5. The number of carbonyl (C=O) groups excluding carboxylic acids is 6. The number of rotatable bonds is 22. The Bertz CT molecular complexity index is 1780. The maximum absolute atomic E-state index is 14.2. The van der Waals surface area contributed by atoms with Gasteiger partial charge in [0.15, 0.2) is 0 Å². The first-order valence-corrected chi connectivity index (χ1v) is 21.5. The van der Waals surface area contributed by atoms with Crippen molar-refractivity contribution in [2.75, 3.05) is 46.7 Å². The predicted octanol–water partition coefficient (Wildman–Crippen LogP) is 4.51. The lowest BCUT2D eigenvalue weighted by Crippen LogP contribution is -2.56. The Labute approximate surface area is 367 Å². The number of ether oxygens (including phenoxy) is 3. The molecule has 6 amide bonds. The molecule has 3 rings (SSSR count). The molecule has 2 aromatic carbocycles. The number of amides is 6. The molecule has 62 heavy (non-hydrogen) atoms. The number of aliphatic hydroxyl groups excluding tert-OH is 1. The molecule has 2 aromatic rings. The van der Waals surface area contributed by atoms with Crippen molar-refractivity contribution in [2.24, 2.45) is 17.8 Å². The molecule has 1 aliphatic rings. The molecule has 1 heterocycles. The van der Waals surface area contributed by atoms with Gasteiger partial charge >= 0.3 is 6.09 Å². The summed E-state index contributed by atoms with van der Waals surface area (Å²) in [7, 11) is 6.13. The zero-order valence-electron chi connectivity index (χ0n) is 38.4. The van der Waals surface area contributed by atoms with Gasteiger partial charge in [0.1, 0.15) is 12.6 Å². The smallest absolute Gasteiger partial charge is 0.410 e. The molecule has 16 nitrogen and oxygen atoms in total. The molecule has 344 valence electrons. The molecule has 0 bridgehead atoms. The van der Waals surface area contributed by atoms with E-state index >= 15 is 0 Å². The number of likely N-dealkylation sites (tertiary alicyclic amines) is 1. The van der Waals surface area contributed by atoms with E-state index in [4.69, 9.17) is 14.2 Å². The van der Waals surface area contributed by atoms with Crippen LogP contribution >= 0.6 is 0 Å². The molecule has 1 saturated heterocycles. The Morgan fingerprint density at radius 3 is 2.10 bits per heavy atom. The van der Waals surface area contributed by atoms with Gasteiger partial charge in [-0.3, -0.25) is 28.9 Å². The van der Waals surface area contributed by atoms with Crippen molar-refractivity contribution in [2.45, 2.75) is 123 Å². The molecule has 0 aromatic heterocycles. The zero-order chi connectivity index (χ0) is 46.3. The first kappa shape index (κ1) is 51.3. The number of nitrogens with zero attached hydrogens (tertiary/aromatic N) is 3. The summed E-state index contributed by atoms with van der Waals surface area (Å²) in [6.07, 6.45) is -0.953. The van der Waals surface area contributed by atoms with Crippen LogP contribution in [0.25, 0.3) is 0 Å². The Morgan fingerprint density at radius 2 is 1.53 bits per heavy atom. The number of benzene rings is 2. The molecular weight excluding hydrogens is 797 g/mol. The Kier molecular flexibility index (Phi) is 20.3. The summed E-state index contributed by atoms with van der Waals surface area (Å²) in [5, 5.41) is 19.2. The highest BCUT2D eigenvalue weighted by molar-refractivity contribution is 5.90. The van der Waals surface area contributed by atoms with Crippen LogP contribution in [0.5, 0.6) is 0 Å². The van der Waals surface area contributed by atoms with E-state index in [0.717, 1.165) is 6.42 Å². The fraction of sp³-hybridized carbons (Fsp3) is 0.609. The molecule has 0 spiro atoms. The number of hydrogen-bond donors (Lipinski definition) is 4. The third kappa shape index (κ3) is 14.0. The lowest BCUT2D eigenvalue weighted by molar-refractivity contribution is -0.146. The van der Waals surface area contributed by atoms with Crippen molar-refractivity contribution in [3.63, 3.8) is 0 Å². The number of hydrogen-bond acceptors (Lipinski definition) is 10.